The van der Waals surface area contributed by atoms with Crippen molar-refractivity contribution in [2.45, 2.75) is 0 Å². The van der Waals surface area contributed by atoms with Gasteiger partial charge in [0.05, 0.1) is 11.9 Å². The largest absolute Gasteiger partial charge is 0.298 e. The summed E-state index contributed by atoms with van der Waals surface area (Å²) in [6.07, 6.45) is 1.95. The highest BCUT2D eigenvalue weighted by Crippen LogP contribution is 2.25. The number of nitrogens with zero attached hydrogens (tertiary/aromatic N) is 1. The van der Waals surface area contributed by atoms with Crippen molar-refractivity contribution in [2.75, 3.05) is 17.6 Å². The molecule has 0 spiro atoms. The molecule has 0 unspecified atom stereocenters. The zero-order valence-corrected chi connectivity index (χ0v) is 12.1. The van der Waals surface area contributed by atoms with Crippen molar-refractivity contribution in [1.29, 1.82) is 0 Å². The molecular formula is C15H15NO3S. The molecule has 2 aromatic carbocycles. The Bertz CT molecular complexity index is 721. The lowest BCUT2D eigenvalue weighted by molar-refractivity contribution is 0.112. The first-order valence-electron chi connectivity index (χ1n) is 6.01. The standard InChI is InChI=1S/C15H15NO3S/c1-16(20(2,18)19)15-5-3-4-14(10-15)13-8-6-12(11-17)7-9-13/h3-11H,1-2H3. The van der Waals surface area contributed by atoms with Gasteiger partial charge in [0.25, 0.3) is 0 Å². The van der Waals surface area contributed by atoms with Crippen LogP contribution in [0.5, 0.6) is 0 Å². The van der Waals surface area contributed by atoms with Gasteiger partial charge in [0.15, 0.2) is 0 Å². The van der Waals surface area contributed by atoms with Crippen LogP contribution in [0.4, 0.5) is 5.69 Å². The van der Waals surface area contributed by atoms with Crippen molar-refractivity contribution in [2.24, 2.45) is 0 Å². The molecule has 0 N–H and O–H groups in total. The van der Waals surface area contributed by atoms with Gasteiger partial charge in [0, 0.05) is 12.6 Å². The molecule has 0 saturated carbocycles. The first-order valence-corrected chi connectivity index (χ1v) is 7.86. The Balaban J connectivity index is 2.41. The fourth-order valence-electron chi connectivity index (χ4n) is 1.83. The lowest BCUT2D eigenvalue weighted by atomic mass is 10.0. The van der Waals surface area contributed by atoms with Crippen molar-refractivity contribution >= 4 is 22.0 Å². The summed E-state index contributed by atoms with van der Waals surface area (Å²) in [5.74, 6) is 0. The van der Waals surface area contributed by atoms with Crippen LogP contribution in [0.2, 0.25) is 0 Å². The van der Waals surface area contributed by atoms with Crippen molar-refractivity contribution in [3.05, 3.63) is 54.1 Å². The number of sulfonamides is 1. The average Bonchev–Trinajstić information content (AvgIpc) is 2.46. The zero-order chi connectivity index (χ0) is 14.8. The number of hydrogen-bond donors (Lipinski definition) is 0. The number of carbonyl (C=O) groups is 1. The van der Waals surface area contributed by atoms with Crippen LogP contribution in [0.1, 0.15) is 10.4 Å². The smallest absolute Gasteiger partial charge is 0.231 e. The van der Waals surface area contributed by atoms with Crippen molar-refractivity contribution in [3.63, 3.8) is 0 Å². The molecular weight excluding hydrogens is 274 g/mol. The normalized spacial score (nSPS) is 11.1. The number of hydrogen-bond acceptors (Lipinski definition) is 3. The number of anilines is 1. The minimum Gasteiger partial charge on any atom is -0.298 e. The minimum atomic E-state index is -3.28. The van der Waals surface area contributed by atoms with Crippen LogP contribution >= 0.6 is 0 Å². The van der Waals surface area contributed by atoms with Crippen molar-refractivity contribution in [1.82, 2.24) is 0 Å². The molecule has 20 heavy (non-hydrogen) atoms. The molecule has 5 heteroatoms. The van der Waals surface area contributed by atoms with Crippen molar-refractivity contribution in [3.8, 4) is 11.1 Å². The summed E-state index contributed by atoms with van der Waals surface area (Å²) < 4.78 is 24.3. The summed E-state index contributed by atoms with van der Waals surface area (Å²) in [7, 11) is -1.76. The van der Waals surface area contributed by atoms with Crippen LogP contribution in [0.25, 0.3) is 11.1 Å². The third kappa shape index (κ3) is 3.05. The highest BCUT2D eigenvalue weighted by molar-refractivity contribution is 7.92. The molecule has 0 saturated heterocycles. The van der Waals surface area contributed by atoms with E-state index in [9.17, 15) is 13.2 Å². The lowest BCUT2D eigenvalue weighted by Crippen LogP contribution is -2.24. The molecule has 0 fully saturated rings. The zero-order valence-electron chi connectivity index (χ0n) is 11.3. The van der Waals surface area contributed by atoms with Crippen molar-refractivity contribution < 1.29 is 13.2 Å². The van der Waals surface area contributed by atoms with E-state index in [-0.39, 0.29) is 0 Å². The topological polar surface area (TPSA) is 54.5 Å². The summed E-state index contributed by atoms with van der Waals surface area (Å²) >= 11 is 0. The Morgan fingerprint density at radius 3 is 2.20 bits per heavy atom. The van der Waals surface area contributed by atoms with Crippen LogP contribution in [-0.2, 0) is 10.0 Å². The van der Waals surface area contributed by atoms with E-state index in [4.69, 9.17) is 0 Å². The van der Waals surface area contributed by atoms with Gasteiger partial charge in [-0.05, 0) is 23.3 Å². The number of benzene rings is 2. The van der Waals surface area contributed by atoms with E-state index in [1.807, 2.05) is 18.2 Å². The van der Waals surface area contributed by atoms with E-state index < -0.39 is 10.0 Å². The van der Waals surface area contributed by atoms with Gasteiger partial charge in [-0.1, -0.05) is 36.4 Å². The third-order valence-electron chi connectivity index (χ3n) is 3.09. The predicted octanol–water partition coefficient (Wildman–Crippen LogP) is 2.56. The summed E-state index contributed by atoms with van der Waals surface area (Å²) in [5.41, 5.74) is 3.04. The van der Waals surface area contributed by atoms with Crippen LogP contribution in [-0.4, -0.2) is 28.0 Å². The molecule has 0 aromatic heterocycles. The Morgan fingerprint density at radius 1 is 1.00 bits per heavy atom. The molecule has 0 aliphatic rings. The predicted molar refractivity (Wildman–Crippen MR) is 80.5 cm³/mol. The molecule has 0 amide bonds. The first kappa shape index (κ1) is 14.3. The van der Waals surface area contributed by atoms with Gasteiger partial charge in [-0.15, -0.1) is 0 Å². The van der Waals surface area contributed by atoms with Crippen LogP contribution in [0, 0.1) is 0 Å². The number of rotatable bonds is 4. The van der Waals surface area contributed by atoms with Gasteiger partial charge in [-0.25, -0.2) is 8.42 Å². The summed E-state index contributed by atoms with van der Waals surface area (Å²) in [6.45, 7) is 0. The lowest BCUT2D eigenvalue weighted by Gasteiger charge is -2.17. The maximum Gasteiger partial charge on any atom is 0.231 e. The molecule has 0 bridgehead atoms. The van der Waals surface area contributed by atoms with E-state index in [0.717, 1.165) is 17.4 Å². The van der Waals surface area contributed by atoms with E-state index >= 15 is 0 Å². The van der Waals surface area contributed by atoms with Gasteiger partial charge in [0.2, 0.25) is 10.0 Å². The fourth-order valence-corrected chi connectivity index (χ4v) is 2.32. The van der Waals surface area contributed by atoms with E-state index in [2.05, 4.69) is 0 Å². The summed E-state index contributed by atoms with van der Waals surface area (Å²) in [4.78, 5) is 10.6. The molecule has 0 atom stereocenters. The average molecular weight is 289 g/mol. The quantitative estimate of drug-likeness (QED) is 0.813. The maximum absolute atomic E-state index is 11.6. The first-order chi connectivity index (χ1) is 9.41. The second-order valence-electron chi connectivity index (χ2n) is 4.52. The summed E-state index contributed by atoms with van der Waals surface area (Å²) in [5, 5.41) is 0. The van der Waals surface area contributed by atoms with Crippen LogP contribution < -0.4 is 4.31 Å². The fraction of sp³-hybridized carbons (Fsp3) is 0.133. The summed E-state index contributed by atoms with van der Waals surface area (Å²) in [6, 6.07) is 14.4. The van der Waals surface area contributed by atoms with E-state index in [1.54, 1.807) is 30.3 Å². The maximum atomic E-state index is 11.6. The third-order valence-corrected chi connectivity index (χ3v) is 4.29. The second kappa shape index (κ2) is 5.46. The molecule has 2 rings (SSSR count). The highest BCUT2D eigenvalue weighted by Gasteiger charge is 2.12. The number of aldehydes is 1. The Morgan fingerprint density at radius 2 is 1.65 bits per heavy atom. The van der Waals surface area contributed by atoms with Crippen LogP contribution in [0.15, 0.2) is 48.5 Å². The monoisotopic (exact) mass is 289 g/mol. The Kier molecular flexibility index (Phi) is 3.90. The minimum absolute atomic E-state index is 0.601. The molecule has 0 heterocycles. The molecule has 104 valence electrons. The van der Waals surface area contributed by atoms with Gasteiger partial charge < -0.3 is 0 Å². The Labute approximate surface area is 118 Å². The molecule has 0 aliphatic carbocycles. The second-order valence-corrected chi connectivity index (χ2v) is 6.53. The molecule has 0 radical (unpaired) electrons. The molecule has 2 aromatic rings. The van der Waals surface area contributed by atoms with Gasteiger partial charge in [0.1, 0.15) is 6.29 Å². The van der Waals surface area contributed by atoms with Crippen LogP contribution in [0.3, 0.4) is 0 Å². The SMILES string of the molecule is CN(c1cccc(-c2ccc(C=O)cc2)c1)S(C)(=O)=O. The van der Waals surface area contributed by atoms with E-state index in [0.29, 0.717) is 11.3 Å². The van der Waals surface area contributed by atoms with Gasteiger partial charge >= 0.3 is 0 Å². The highest BCUT2D eigenvalue weighted by atomic mass is 32.2. The molecule has 0 aliphatic heterocycles. The Hall–Kier alpha value is -2.14. The molecule has 4 nitrogen and oxygen atoms in total. The number of carbonyl (C=O) groups excluding carboxylic acids is 1. The van der Waals surface area contributed by atoms with Gasteiger partial charge in [-0.3, -0.25) is 9.10 Å². The van der Waals surface area contributed by atoms with Gasteiger partial charge in [-0.2, -0.15) is 0 Å². The van der Waals surface area contributed by atoms with E-state index in [1.165, 1.54) is 17.6 Å².